The number of carbonyl (C=O) groups is 2. The molecule has 0 saturated carbocycles. The topological polar surface area (TPSA) is 77.6 Å². The van der Waals surface area contributed by atoms with Gasteiger partial charge < -0.3 is 10.6 Å². The molecule has 2 amide bonds. The third kappa shape index (κ3) is 6.47. The zero-order chi connectivity index (χ0) is 23.0. The van der Waals surface area contributed by atoms with Gasteiger partial charge in [0.05, 0.1) is 17.8 Å². The lowest BCUT2D eigenvalue weighted by Gasteiger charge is -2.34. The highest BCUT2D eigenvalue weighted by Crippen LogP contribution is 2.18. The van der Waals surface area contributed by atoms with Gasteiger partial charge in [0, 0.05) is 50.8 Å². The zero-order valence-electron chi connectivity index (χ0n) is 18.8. The second-order valence-electron chi connectivity index (χ2n) is 8.33. The number of hydrogen-bond donors (Lipinski definition) is 2. The summed E-state index contributed by atoms with van der Waals surface area (Å²) in [6.45, 7) is 6.64. The first-order valence-corrected chi connectivity index (χ1v) is 11.2. The molecule has 3 aromatic rings. The minimum atomic E-state index is -0.249. The molecule has 1 aliphatic rings. The van der Waals surface area contributed by atoms with E-state index in [1.807, 2.05) is 61.8 Å². The molecule has 1 fully saturated rings. The lowest BCUT2D eigenvalue weighted by Crippen LogP contribution is -2.48. The third-order valence-electron chi connectivity index (χ3n) is 5.71. The molecule has 7 heteroatoms. The smallest absolute Gasteiger partial charge is 0.257 e. The maximum atomic E-state index is 12.8. The second-order valence-corrected chi connectivity index (χ2v) is 8.33. The Hall–Kier alpha value is -3.55. The number of nitrogens with zero attached hydrogens (tertiary/aromatic N) is 3. The monoisotopic (exact) mass is 443 g/mol. The molecule has 1 aliphatic heterocycles. The van der Waals surface area contributed by atoms with Crippen LogP contribution in [-0.4, -0.2) is 59.3 Å². The predicted molar refractivity (Wildman–Crippen MR) is 130 cm³/mol. The first-order chi connectivity index (χ1) is 16.1. The van der Waals surface area contributed by atoms with Gasteiger partial charge in [-0.25, -0.2) is 0 Å². The van der Waals surface area contributed by atoms with E-state index in [2.05, 4.69) is 25.4 Å². The summed E-state index contributed by atoms with van der Waals surface area (Å²) >= 11 is 0. The van der Waals surface area contributed by atoms with Crippen molar-refractivity contribution >= 4 is 23.2 Å². The van der Waals surface area contributed by atoms with Gasteiger partial charge in [0.1, 0.15) is 0 Å². The number of anilines is 2. The number of rotatable bonds is 7. The quantitative estimate of drug-likeness (QED) is 0.585. The number of aromatic nitrogens is 1. The lowest BCUT2D eigenvalue weighted by atomic mass is 10.1. The summed E-state index contributed by atoms with van der Waals surface area (Å²) in [5.74, 6) is -0.366. The molecule has 0 atom stereocenters. The zero-order valence-corrected chi connectivity index (χ0v) is 18.8. The Bertz CT molecular complexity index is 1090. The van der Waals surface area contributed by atoms with E-state index in [0.717, 1.165) is 44.0 Å². The fraction of sp³-hybridized carbons (Fsp3) is 0.269. The Labute approximate surface area is 194 Å². The molecule has 1 aromatic heterocycles. The molecule has 1 saturated heterocycles. The molecule has 2 N–H and O–H groups in total. The van der Waals surface area contributed by atoms with Gasteiger partial charge in [-0.1, -0.05) is 24.3 Å². The van der Waals surface area contributed by atoms with Crippen molar-refractivity contribution in [2.75, 3.05) is 43.4 Å². The van der Waals surface area contributed by atoms with Crippen molar-refractivity contribution in [2.45, 2.75) is 13.5 Å². The van der Waals surface area contributed by atoms with Crippen molar-refractivity contribution in [3.8, 4) is 0 Å². The fourth-order valence-corrected chi connectivity index (χ4v) is 3.96. The summed E-state index contributed by atoms with van der Waals surface area (Å²) in [7, 11) is 0. The number of para-hydroxylation sites is 1. The number of piperazine rings is 1. The Kier molecular flexibility index (Phi) is 7.44. The molecule has 7 nitrogen and oxygen atoms in total. The Balaban J connectivity index is 1.30. The van der Waals surface area contributed by atoms with E-state index in [0.29, 0.717) is 17.8 Å². The largest absolute Gasteiger partial charge is 0.324 e. The molecule has 33 heavy (non-hydrogen) atoms. The van der Waals surface area contributed by atoms with Gasteiger partial charge in [-0.05, 0) is 54.4 Å². The minimum Gasteiger partial charge on any atom is -0.324 e. The number of nitrogens with one attached hydrogen (secondary N) is 2. The van der Waals surface area contributed by atoms with E-state index < -0.39 is 0 Å². The second kappa shape index (κ2) is 10.8. The maximum Gasteiger partial charge on any atom is 0.257 e. The van der Waals surface area contributed by atoms with Crippen LogP contribution >= 0.6 is 0 Å². The van der Waals surface area contributed by atoms with Crippen LogP contribution in [0.2, 0.25) is 0 Å². The first kappa shape index (κ1) is 22.6. The van der Waals surface area contributed by atoms with Crippen molar-refractivity contribution in [1.82, 2.24) is 14.8 Å². The highest BCUT2D eigenvalue weighted by molar-refractivity contribution is 6.10. The summed E-state index contributed by atoms with van der Waals surface area (Å²) in [5, 5.41) is 5.83. The number of pyridine rings is 1. The van der Waals surface area contributed by atoms with E-state index in [9.17, 15) is 9.59 Å². The van der Waals surface area contributed by atoms with E-state index in [-0.39, 0.29) is 11.8 Å². The summed E-state index contributed by atoms with van der Waals surface area (Å²) in [6.07, 6.45) is 3.63. The highest BCUT2D eigenvalue weighted by Gasteiger charge is 2.20. The van der Waals surface area contributed by atoms with Crippen molar-refractivity contribution in [3.63, 3.8) is 0 Å². The molecule has 2 aromatic carbocycles. The van der Waals surface area contributed by atoms with E-state index in [1.165, 1.54) is 5.56 Å². The van der Waals surface area contributed by atoms with Crippen LogP contribution in [0.15, 0.2) is 73.1 Å². The summed E-state index contributed by atoms with van der Waals surface area (Å²) < 4.78 is 0. The standard InChI is InChI=1S/C26H29N5O2/c1-20-5-4-6-22(17-20)28-26(33)23-7-2-3-8-24(23)29-25(32)19-31-15-13-30(14-16-31)18-21-9-11-27-12-10-21/h2-12,17H,13-16,18-19H2,1H3,(H,28,33)(H,29,32). The van der Waals surface area contributed by atoms with Crippen LogP contribution in [0.1, 0.15) is 21.5 Å². The van der Waals surface area contributed by atoms with Crippen LogP contribution in [-0.2, 0) is 11.3 Å². The lowest BCUT2D eigenvalue weighted by molar-refractivity contribution is -0.117. The normalized spacial score (nSPS) is 14.6. The van der Waals surface area contributed by atoms with Crippen molar-refractivity contribution in [3.05, 3.63) is 89.7 Å². The maximum absolute atomic E-state index is 12.8. The molecule has 0 bridgehead atoms. The van der Waals surface area contributed by atoms with Gasteiger partial charge >= 0.3 is 0 Å². The van der Waals surface area contributed by atoms with Gasteiger partial charge in [0.15, 0.2) is 0 Å². The molecule has 0 aliphatic carbocycles. The molecule has 0 spiro atoms. The molecule has 2 heterocycles. The van der Waals surface area contributed by atoms with Crippen LogP contribution in [0.5, 0.6) is 0 Å². The number of amides is 2. The molecule has 170 valence electrons. The van der Waals surface area contributed by atoms with E-state index in [1.54, 1.807) is 18.2 Å². The molecular formula is C26H29N5O2. The van der Waals surface area contributed by atoms with Crippen molar-refractivity contribution in [1.29, 1.82) is 0 Å². The van der Waals surface area contributed by atoms with Gasteiger partial charge in [0.25, 0.3) is 5.91 Å². The van der Waals surface area contributed by atoms with Gasteiger partial charge in [-0.2, -0.15) is 0 Å². The van der Waals surface area contributed by atoms with E-state index in [4.69, 9.17) is 0 Å². The Morgan fingerprint density at radius 2 is 1.61 bits per heavy atom. The van der Waals surface area contributed by atoms with E-state index >= 15 is 0 Å². The Morgan fingerprint density at radius 1 is 0.879 bits per heavy atom. The molecule has 0 radical (unpaired) electrons. The number of aryl methyl sites for hydroxylation is 1. The van der Waals surface area contributed by atoms with Crippen LogP contribution in [0.4, 0.5) is 11.4 Å². The van der Waals surface area contributed by atoms with Gasteiger partial charge in [-0.3, -0.25) is 24.4 Å². The summed E-state index contributed by atoms with van der Waals surface area (Å²) in [6, 6.07) is 18.8. The summed E-state index contributed by atoms with van der Waals surface area (Å²) in [4.78, 5) is 34.1. The number of benzene rings is 2. The van der Waals surface area contributed by atoms with Crippen LogP contribution < -0.4 is 10.6 Å². The van der Waals surface area contributed by atoms with Gasteiger partial charge in [0.2, 0.25) is 5.91 Å². The number of hydrogen-bond acceptors (Lipinski definition) is 5. The minimum absolute atomic E-state index is 0.117. The SMILES string of the molecule is Cc1cccc(NC(=O)c2ccccc2NC(=O)CN2CCN(Cc3ccncc3)CC2)c1. The van der Waals surface area contributed by atoms with Crippen LogP contribution in [0.3, 0.4) is 0 Å². The van der Waals surface area contributed by atoms with Gasteiger partial charge in [-0.15, -0.1) is 0 Å². The first-order valence-electron chi connectivity index (χ1n) is 11.2. The average molecular weight is 444 g/mol. The van der Waals surface area contributed by atoms with Crippen molar-refractivity contribution < 1.29 is 9.59 Å². The Morgan fingerprint density at radius 3 is 2.36 bits per heavy atom. The number of carbonyl (C=O) groups excluding carboxylic acids is 2. The fourth-order valence-electron chi connectivity index (χ4n) is 3.96. The molecular weight excluding hydrogens is 414 g/mol. The predicted octanol–water partition coefficient (Wildman–Crippen LogP) is 3.40. The van der Waals surface area contributed by atoms with Crippen LogP contribution in [0, 0.1) is 6.92 Å². The van der Waals surface area contributed by atoms with Crippen LogP contribution in [0.25, 0.3) is 0 Å². The average Bonchev–Trinajstić information content (AvgIpc) is 2.81. The molecule has 0 unspecified atom stereocenters. The van der Waals surface area contributed by atoms with Crippen molar-refractivity contribution in [2.24, 2.45) is 0 Å². The highest BCUT2D eigenvalue weighted by atomic mass is 16.2. The molecule has 4 rings (SSSR count). The summed E-state index contributed by atoms with van der Waals surface area (Å²) in [5.41, 5.74) is 4.00. The third-order valence-corrected chi connectivity index (χ3v) is 5.71.